The van der Waals surface area contributed by atoms with Crippen LogP contribution in [0, 0.1) is 0 Å². The molecule has 32 heavy (non-hydrogen) atoms. The monoisotopic (exact) mass is 426 g/mol. The molecule has 0 aromatic heterocycles. The number of benzene rings is 2. The first-order valence-electron chi connectivity index (χ1n) is 12.4. The van der Waals surface area contributed by atoms with Gasteiger partial charge in [-0.15, -0.1) is 0 Å². The standard InChI is InChI=1S/C30H38N2/c1-4-7-10-15-25-16-12-13-18-28(25)30-27(17-11-8-5-2)23-29(32(30)31)26-21-19-24(20-22-26)14-9-6-3/h4,7,12-13,16,18-23H,5-6,8-11,14-15,17H2,1-3H3. The summed E-state index contributed by atoms with van der Waals surface area (Å²) in [6.45, 7) is 6.53. The van der Waals surface area contributed by atoms with Crippen LogP contribution in [0.15, 0.2) is 72.3 Å². The molecular formula is C30H38N2. The molecule has 168 valence electrons. The van der Waals surface area contributed by atoms with E-state index in [-0.39, 0.29) is 0 Å². The van der Waals surface area contributed by atoms with Gasteiger partial charge in [0.25, 0.3) is 0 Å². The fourth-order valence-electron chi connectivity index (χ4n) is 4.40. The molecule has 0 radical (unpaired) electrons. The summed E-state index contributed by atoms with van der Waals surface area (Å²) in [6.07, 6.45) is 16.6. The van der Waals surface area contributed by atoms with Crippen LogP contribution in [0.5, 0.6) is 0 Å². The third kappa shape index (κ3) is 5.94. The summed E-state index contributed by atoms with van der Waals surface area (Å²) < 4.78 is 1.44. The van der Waals surface area contributed by atoms with E-state index in [2.05, 4.69) is 87.5 Å². The van der Waals surface area contributed by atoms with E-state index in [0.29, 0.717) is 0 Å². The molecule has 1 aliphatic rings. The van der Waals surface area contributed by atoms with E-state index in [1.165, 1.54) is 47.1 Å². The first kappa shape index (κ1) is 23.9. The van der Waals surface area contributed by atoms with Crippen molar-refractivity contribution >= 4 is 11.4 Å². The lowest BCUT2D eigenvalue weighted by atomic mass is 9.96. The smallest absolute Gasteiger partial charge is 0.211 e. The van der Waals surface area contributed by atoms with Gasteiger partial charge in [-0.2, -0.15) is 0 Å². The molecule has 0 fully saturated rings. The van der Waals surface area contributed by atoms with Gasteiger partial charge in [-0.3, -0.25) is 0 Å². The Balaban J connectivity index is 1.93. The topological polar surface area (TPSA) is 25.3 Å². The number of hydrogen-bond donors (Lipinski definition) is 0. The van der Waals surface area contributed by atoms with Crippen molar-refractivity contribution in [1.82, 2.24) is 0 Å². The number of unbranched alkanes of at least 4 members (excludes halogenated alkanes) is 3. The summed E-state index contributed by atoms with van der Waals surface area (Å²) in [4.78, 5) is 0. The van der Waals surface area contributed by atoms with Crippen LogP contribution in [0.3, 0.4) is 0 Å². The van der Waals surface area contributed by atoms with Crippen LogP contribution in [0.4, 0.5) is 0 Å². The third-order valence-electron chi connectivity index (χ3n) is 6.26. The van der Waals surface area contributed by atoms with Gasteiger partial charge in [-0.05, 0) is 74.8 Å². The molecule has 1 heterocycles. The Hall–Kier alpha value is -2.74. The second-order valence-corrected chi connectivity index (χ2v) is 8.74. The highest BCUT2D eigenvalue weighted by Gasteiger charge is 2.29. The van der Waals surface area contributed by atoms with Crippen molar-refractivity contribution in [3.63, 3.8) is 0 Å². The Bertz CT molecular complexity index is 990. The average Bonchev–Trinajstić information content (AvgIpc) is 3.14. The molecule has 2 aromatic carbocycles. The Morgan fingerprint density at radius 1 is 0.844 bits per heavy atom. The molecule has 3 rings (SSSR count). The van der Waals surface area contributed by atoms with E-state index in [4.69, 9.17) is 0 Å². The summed E-state index contributed by atoms with van der Waals surface area (Å²) in [6, 6.07) is 17.3. The van der Waals surface area contributed by atoms with Crippen LogP contribution in [0.25, 0.3) is 16.9 Å². The molecule has 0 spiro atoms. The van der Waals surface area contributed by atoms with Crippen molar-refractivity contribution in [2.75, 3.05) is 0 Å². The predicted octanol–water partition coefficient (Wildman–Crippen LogP) is 8.92. The van der Waals surface area contributed by atoms with Crippen LogP contribution in [0.1, 0.15) is 88.0 Å². The molecule has 2 aromatic rings. The van der Waals surface area contributed by atoms with E-state index >= 15 is 0 Å². The maximum Gasteiger partial charge on any atom is 0.211 e. The second kappa shape index (κ2) is 12.3. The Morgan fingerprint density at radius 3 is 2.31 bits per heavy atom. The highest BCUT2D eigenvalue weighted by molar-refractivity contribution is 5.79. The Morgan fingerprint density at radius 2 is 1.59 bits per heavy atom. The summed E-state index contributed by atoms with van der Waals surface area (Å²) in [5, 5.41) is 0. The molecule has 1 aliphatic heterocycles. The number of allylic oxidation sites excluding steroid dienone is 4. The minimum atomic E-state index is 0.886. The molecule has 0 N–H and O–H groups in total. The molecular weight excluding hydrogens is 388 g/mol. The molecule has 0 atom stereocenters. The maximum absolute atomic E-state index is 11.4. The molecule has 0 unspecified atom stereocenters. The summed E-state index contributed by atoms with van der Waals surface area (Å²) in [7, 11) is 0. The van der Waals surface area contributed by atoms with Crippen molar-refractivity contribution in [2.45, 2.75) is 78.6 Å². The van der Waals surface area contributed by atoms with E-state index < -0.39 is 0 Å². The van der Waals surface area contributed by atoms with E-state index in [1.54, 1.807) is 0 Å². The SMILES string of the molecule is CC=CCCc1ccccc1C1=C(CCCCC)C=C(c2ccc(CCCC)cc2)[N+]1=[N-]. The normalized spacial score (nSPS) is 14.0. The van der Waals surface area contributed by atoms with E-state index in [1.807, 2.05) is 0 Å². The van der Waals surface area contributed by atoms with Crippen LogP contribution in [-0.4, -0.2) is 4.70 Å². The number of rotatable bonds is 12. The highest BCUT2D eigenvalue weighted by Crippen LogP contribution is 2.38. The minimum absolute atomic E-state index is 0.886. The summed E-state index contributed by atoms with van der Waals surface area (Å²) in [5.74, 6) is 0. The van der Waals surface area contributed by atoms with Crippen LogP contribution < -0.4 is 0 Å². The van der Waals surface area contributed by atoms with Crippen molar-refractivity contribution in [1.29, 1.82) is 0 Å². The lowest BCUT2D eigenvalue weighted by Crippen LogP contribution is -2.05. The van der Waals surface area contributed by atoms with Crippen molar-refractivity contribution in [3.05, 3.63) is 100 Å². The average molecular weight is 427 g/mol. The molecule has 0 amide bonds. The predicted molar refractivity (Wildman–Crippen MR) is 137 cm³/mol. The fourth-order valence-corrected chi connectivity index (χ4v) is 4.40. The van der Waals surface area contributed by atoms with Gasteiger partial charge in [-0.1, -0.05) is 75.6 Å². The zero-order valence-electron chi connectivity index (χ0n) is 20.1. The van der Waals surface area contributed by atoms with E-state index in [0.717, 1.165) is 54.6 Å². The number of aryl methyl sites for hydroxylation is 2. The van der Waals surface area contributed by atoms with Gasteiger partial charge < -0.3 is 5.53 Å². The number of nitrogens with zero attached hydrogens (tertiary/aromatic N) is 2. The zero-order valence-corrected chi connectivity index (χ0v) is 20.1. The van der Waals surface area contributed by atoms with Gasteiger partial charge in [0.15, 0.2) is 0 Å². The van der Waals surface area contributed by atoms with Gasteiger partial charge in [0.2, 0.25) is 11.4 Å². The lowest BCUT2D eigenvalue weighted by molar-refractivity contribution is -0.344. The Kier molecular flexibility index (Phi) is 9.22. The largest absolute Gasteiger partial charge is 0.493 e. The second-order valence-electron chi connectivity index (χ2n) is 8.74. The molecule has 0 saturated carbocycles. The Labute approximate surface area is 194 Å². The summed E-state index contributed by atoms with van der Waals surface area (Å²) >= 11 is 0. The third-order valence-corrected chi connectivity index (χ3v) is 6.26. The number of hydrogen-bond acceptors (Lipinski definition) is 0. The quantitative estimate of drug-likeness (QED) is 0.184. The van der Waals surface area contributed by atoms with Crippen molar-refractivity contribution < 1.29 is 4.70 Å². The zero-order chi connectivity index (χ0) is 22.8. The molecule has 0 saturated heterocycles. The van der Waals surface area contributed by atoms with Crippen LogP contribution in [-0.2, 0) is 12.8 Å². The molecule has 2 heteroatoms. The first-order valence-corrected chi connectivity index (χ1v) is 12.4. The highest BCUT2D eigenvalue weighted by atomic mass is 15.2. The van der Waals surface area contributed by atoms with E-state index in [9.17, 15) is 5.53 Å². The summed E-state index contributed by atoms with van der Waals surface area (Å²) in [5.41, 5.74) is 19.3. The van der Waals surface area contributed by atoms with Gasteiger partial charge in [0.05, 0.1) is 0 Å². The van der Waals surface area contributed by atoms with Crippen molar-refractivity contribution in [3.8, 4) is 0 Å². The molecule has 2 nitrogen and oxygen atoms in total. The first-order chi connectivity index (χ1) is 15.7. The minimum Gasteiger partial charge on any atom is -0.493 e. The van der Waals surface area contributed by atoms with Gasteiger partial charge in [0.1, 0.15) is 0 Å². The van der Waals surface area contributed by atoms with Crippen LogP contribution in [0.2, 0.25) is 0 Å². The van der Waals surface area contributed by atoms with Crippen molar-refractivity contribution in [2.24, 2.45) is 0 Å². The maximum atomic E-state index is 11.4. The lowest BCUT2D eigenvalue weighted by Gasteiger charge is -2.13. The van der Waals surface area contributed by atoms with Gasteiger partial charge in [-0.25, -0.2) is 4.70 Å². The van der Waals surface area contributed by atoms with Crippen LogP contribution >= 0.6 is 0 Å². The van der Waals surface area contributed by atoms with Gasteiger partial charge in [0, 0.05) is 22.8 Å². The molecule has 0 aliphatic carbocycles. The van der Waals surface area contributed by atoms with Gasteiger partial charge >= 0.3 is 0 Å². The molecule has 0 bridgehead atoms. The fraction of sp³-hybridized carbons (Fsp3) is 0.400.